The van der Waals surface area contributed by atoms with Gasteiger partial charge in [0.25, 0.3) is 0 Å². The summed E-state index contributed by atoms with van der Waals surface area (Å²) in [6.07, 6.45) is 2.89. The summed E-state index contributed by atoms with van der Waals surface area (Å²) in [5.74, 6) is -0.447. The van der Waals surface area contributed by atoms with E-state index in [1.54, 1.807) is 0 Å². The largest absolute Gasteiger partial charge is 0.465 e. The van der Waals surface area contributed by atoms with Gasteiger partial charge in [-0.15, -0.1) is 11.3 Å². The Kier molecular flexibility index (Phi) is 6.73. The normalized spacial score (nSPS) is 17.0. The number of fused-ring (bicyclic) bond motifs is 1. The second-order valence-corrected chi connectivity index (χ2v) is 9.26. The van der Waals surface area contributed by atoms with Crippen molar-refractivity contribution in [3.05, 3.63) is 50.9 Å². The Balaban J connectivity index is 1.31. The molecule has 1 N–H and O–H groups in total. The third kappa shape index (κ3) is 4.70. The maximum absolute atomic E-state index is 12.7. The van der Waals surface area contributed by atoms with Crippen LogP contribution in [-0.2, 0) is 28.9 Å². The molecule has 2 heterocycles. The fraction of sp³-hybridized carbons (Fsp3) is 0.455. The lowest BCUT2D eigenvalue weighted by Crippen LogP contribution is -2.48. The van der Waals surface area contributed by atoms with Gasteiger partial charge in [-0.3, -0.25) is 14.6 Å². The lowest BCUT2D eigenvalue weighted by molar-refractivity contribution is -0.117. The number of carbonyl (C=O) groups excluding carboxylic acids is 2. The highest BCUT2D eigenvalue weighted by atomic mass is 35.5. The van der Waals surface area contributed by atoms with Gasteiger partial charge in [-0.25, -0.2) is 4.79 Å². The number of esters is 1. The van der Waals surface area contributed by atoms with Crippen LogP contribution in [0.1, 0.15) is 32.8 Å². The van der Waals surface area contributed by atoms with Gasteiger partial charge < -0.3 is 10.1 Å². The summed E-state index contributed by atoms with van der Waals surface area (Å²) >= 11 is 7.78. The van der Waals surface area contributed by atoms with Crippen LogP contribution in [0.5, 0.6) is 0 Å². The van der Waals surface area contributed by atoms with Crippen molar-refractivity contribution < 1.29 is 14.3 Å². The van der Waals surface area contributed by atoms with Crippen LogP contribution in [0.4, 0.5) is 5.00 Å². The summed E-state index contributed by atoms with van der Waals surface area (Å²) in [6.45, 7) is 4.57. The van der Waals surface area contributed by atoms with Crippen LogP contribution in [0.25, 0.3) is 0 Å². The molecule has 2 aliphatic rings. The van der Waals surface area contributed by atoms with E-state index in [2.05, 4.69) is 21.2 Å². The molecule has 0 radical (unpaired) electrons. The van der Waals surface area contributed by atoms with Crippen molar-refractivity contribution in [2.45, 2.75) is 25.8 Å². The van der Waals surface area contributed by atoms with Crippen LogP contribution >= 0.6 is 22.9 Å². The van der Waals surface area contributed by atoms with Gasteiger partial charge in [0.15, 0.2) is 0 Å². The number of ether oxygens (including phenoxy) is 1. The Morgan fingerprint density at radius 2 is 1.87 bits per heavy atom. The molecule has 1 saturated heterocycles. The van der Waals surface area contributed by atoms with Crippen molar-refractivity contribution in [1.29, 1.82) is 0 Å². The number of benzene rings is 1. The molecular weight excluding hydrogens is 422 g/mol. The van der Waals surface area contributed by atoms with Crippen molar-refractivity contribution in [2.75, 3.05) is 45.2 Å². The van der Waals surface area contributed by atoms with Crippen LogP contribution in [-0.4, -0.2) is 61.5 Å². The molecule has 0 atom stereocenters. The van der Waals surface area contributed by atoms with Crippen LogP contribution in [0.15, 0.2) is 24.3 Å². The third-order valence-corrected chi connectivity index (χ3v) is 7.32. The van der Waals surface area contributed by atoms with E-state index >= 15 is 0 Å². The molecule has 1 aromatic carbocycles. The zero-order valence-electron chi connectivity index (χ0n) is 17.1. The van der Waals surface area contributed by atoms with Crippen LogP contribution in [0.3, 0.4) is 0 Å². The van der Waals surface area contributed by atoms with Gasteiger partial charge in [0.2, 0.25) is 5.91 Å². The molecule has 0 saturated carbocycles. The Bertz CT molecular complexity index is 938. The Morgan fingerprint density at radius 3 is 2.60 bits per heavy atom. The van der Waals surface area contributed by atoms with Crippen LogP contribution < -0.4 is 5.32 Å². The number of aryl methyl sites for hydroxylation is 1. The first kappa shape index (κ1) is 21.3. The minimum atomic E-state index is -0.363. The third-order valence-electron chi connectivity index (χ3n) is 5.75. The number of amides is 1. The second-order valence-electron chi connectivity index (χ2n) is 7.74. The molecule has 1 aliphatic heterocycles. The number of piperazine rings is 1. The van der Waals surface area contributed by atoms with E-state index < -0.39 is 0 Å². The highest BCUT2D eigenvalue weighted by Gasteiger charge is 2.28. The monoisotopic (exact) mass is 447 g/mol. The van der Waals surface area contributed by atoms with E-state index in [-0.39, 0.29) is 11.9 Å². The highest BCUT2D eigenvalue weighted by molar-refractivity contribution is 7.17. The lowest BCUT2D eigenvalue weighted by atomic mass is 10.1. The molecule has 8 heteroatoms. The van der Waals surface area contributed by atoms with E-state index in [9.17, 15) is 9.59 Å². The minimum Gasteiger partial charge on any atom is -0.465 e. The van der Waals surface area contributed by atoms with Gasteiger partial charge in [0.1, 0.15) is 5.00 Å². The SMILES string of the molecule is COC(=O)c1c(NC(=O)CN2CCN(Cc3ccccc3Cl)CC2)sc2c1CCC2. The van der Waals surface area contributed by atoms with Gasteiger partial charge in [0.05, 0.1) is 19.2 Å². The molecule has 160 valence electrons. The molecule has 4 rings (SSSR count). The summed E-state index contributed by atoms with van der Waals surface area (Å²) in [5.41, 5.74) is 2.73. The van der Waals surface area contributed by atoms with E-state index in [0.29, 0.717) is 17.1 Å². The van der Waals surface area contributed by atoms with Crippen molar-refractivity contribution in [2.24, 2.45) is 0 Å². The Hall–Kier alpha value is -1.93. The first-order chi connectivity index (χ1) is 14.5. The maximum Gasteiger partial charge on any atom is 0.341 e. The Labute approximate surface area is 185 Å². The van der Waals surface area contributed by atoms with Gasteiger partial charge >= 0.3 is 5.97 Å². The smallest absolute Gasteiger partial charge is 0.341 e. The zero-order chi connectivity index (χ0) is 21.1. The molecule has 1 fully saturated rings. The molecule has 6 nitrogen and oxygen atoms in total. The highest BCUT2D eigenvalue weighted by Crippen LogP contribution is 2.39. The quantitative estimate of drug-likeness (QED) is 0.687. The predicted molar refractivity (Wildman–Crippen MR) is 119 cm³/mol. The van der Waals surface area contributed by atoms with Crippen molar-refractivity contribution in [3.8, 4) is 0 Å². The second kappa shape index (κ2) is 9.47. The average Bonchev–Trinajstić information content (AvgIpc) is 3.31. The molecule has 0 bridgehead atoms. The number of anilines is 1. The number of methoxy groups -OCH3 is 1. The number of hydrogen-bond donors (Lipinski definition) is 1. The average molecular weight is 448 g/mol. The maximum atomic E-state index is 12.7. The first-order valence-corrected chi connectivity index (χ1v) is 11.5. The summed E-state index contributed by atoms with van der Waals surface area (Å²) in [7, 11) is 1.38. The number of halogens is 1. The fourth-order valence-electron chi connectivity index (χ4n) is 4.15. The van der Waals surface area contributed by atoms with Gasteiger partial charge in [-0.2, -0.15) is 0 Å². The Morgan fingerprint density at radius 1 is 1.13 bits per heavy atom. The molecule has 0 unspecified atom stereocenters. The number of hydrogen-bond acceptors (Lipinski definition) is 6. The molecule has 30 heavy (non-hydrogen) atoms. The van der Waals surface area contributed by atoms with Crippen molar-refractivity contribution in [1.82, 2.24) is 9.80 Å². The van der Waals surface area contributed by atoms with Gasteiger partial charge in [0, 0.05) is 42.6 Å². The van der Waals surface area contributed by atoms with E-state index in [1.165, 1.54) is 23.3 Å². The minimum absolute atomic E-state index is 0.0837. The van der Waals surface area contributed by atoms with E-state index in [1.807, 2.05) is 18.2 Å². The molecule has 1 aromatic heterocycles. The van der Waals surface area contributed by atoms with Crippen molar-refractivity contribution >= 4 is 39.8 Å². The number of carbonyl (C=O) groups is 2. The molecule has 2 aromatic rings. The molecule has 1 aliphatic carbocycles. The topological polar surface area (TPSA) is 61.9 Å². The zero-order valence-corrected chi connectivity index (χ0v) is 18.7. The number of nitrogens with one attached hydrogen (secondary N) is 1. The number of rotatable bonds is 6. The number of nitrogens with zero attached hydrogens (tertiary/aromatic N) is 2. The summed E-state index contributed by atoms with van der Waals surface area (Å²) in [6, 6.07) is 7.92. The summed E-state index contributed by atoms with van der Waals surface area (Å²) in [4.78, 5) is 30.6. The standard InChI is InChI=1S/C22H26ClN3O3S/c1-29-22(28)20-16-6-4-8-18(16)30-21(20)24-19(27)14-26-11-9-25(10-12-26)13-15-5-2-3-7-17(15)23/h2-3,5,7H,4,6,8-14H2,1H3,(H,24,27). The van der Waals surface area contributed by atoms with Crippen LogP contribution in [0.2, 0.25) is 5.02 Å². The number of thiophene rings is 1. The molecule has 0 spiro atoms. The van der Waals surface area contributed by atoms with Gasteiger partial charge in [-0.05, 0) is 36.5 Å². The summed E-state index contributed by atoms with van der Waals surface area (Å²) in [5, 5.41) is 4.40. The molecular formula is C22H26ClN3O3S. The van der Waals surface area contributed by atoms with Crippen LogP contribution in [0, 0.1) is 0 Å². The predicted octanol–water partition coefficient (Wildman–Crippen LogP) is 3.43. The first-order valence-electron chi connectivity index (χ1n) is 10.3. The molecule has 1 amide bonds. The van der Waals surface area contributed by atoms with Gasteiger partial charge in [-0.1, -0.05) is 29.8 Å². The fourth-order valence-corrected chi connectivity index (χ4v) is 5.64. The van der Waals surface area contributed by atoms with E-state index in [0.717, 1.165) is 68.1 Å². The van der Waals surface area contributed by atoms with E-state index in [4.69, 9.17) is 16.3 Å². The summed E-state index contributed by atoms with van der Waals surface area (Å²) < 4.78 is 4.95. The van der Waals surface area contributed by atoms with Crippen molar-refractivity contribution in [3.63, 3.8) is 0 Å². The lowest BCUT2D eigenvalue weighted by Gasteiger charge is -2.34.